The maximum atomic E-state index is 12.7. The highest BCUT2D eigenvalue weighted by molar-refractivity contribution is 6.30. The molecule has 34 heavy (non-hydrogen) atoms. The van der Waals surface area contributed by atoms with Gasteiger partial charge in [-0.05, 0) is 54.8 Å². The minimum atomic E-state index is -0.134. The van der Waals surface area contributed by atoms with Crippen LogP contribution in [0.3, 0.4) is 0 Å². The molecule has 172 valence electrons. The molecule has 1 fully saturated rings. The van der Waals surface area contributed by atoms with Crippen molar-refractivity contribution in [1.82, 2.24) is 19.9 Å². The molecule has 4 aromatic rings. The van der Waals surface area contributed by atoms with Gasteiger partial charge in [-0.15, -0.1) is 0 Å². The summed E-state index contributed by atoms with van der Waals surface area (Å²) in [5.41, 5.74) is 6.93. The van der Waals surface area contributed by atoms with Gasteiger partial charge in [0.05, 0.1) is 5.52 Å². The Hall–Kier alpha value is -3.71. The van der Waals surface area contributed by atoms with Gasteiger partial charge >= 0.3 is 6.03 Å². The van der Waals surface area contributed by atoms with Crippen molar-refractivity contribution in [2.45, 2.75) is 13.8 Å². The second-order valence-corrected chi connectivity index (χ2v) is 8.94. The van der Waals surface area contributed by atoms with Gasteiger partial charge in [0, 0.05) is 48.6 Å². The lowest BCUT2D eigenvalue weighted by atomic mass is 10.0. The topological polar surface area (TPSA) is 74.2 Å². The number of anilines is 2. The summed E-state index contributed by atoms with van der Waals surface area (Å²) in [6, 6.07) is 15.5. The highest BCUT2D eigenvalue weighted by atomic mass is 35.5. The quantitative estimate of drug-likeness (QED) is 0.437. The van der Waals surface area contributed by atoms with E-state index in [0.717, 1.165) is 28.0 Å². The average Bonchev–Trinajstić information content (AvgIpc) is 2.85. The molecule has 2 aromatic heterocycles. The Morgan fingerprint density at radius 1 is 0.912 bits per heavy atom. The van der Waals surface area contributed by atoms with Gasteiger partial charge < -0.3 is 15.1 Å². The third-order valence-electron chi connectivity index (χ3n) is 6.24. The van der Waals surface area contributed by atoms with Crippen LogP contribution in [0, 0.1) is 13.8 Å². The zero-order chi connectivity index (χ0) is 23.7. The number of hydrogen-bond donors (Lipinski definition) is 1. The van der Waals surface area contributed by atoms with E-state index in [1.165, 1.54) is 11.1 Å². The Bertz CT molecular complexity index is 1370. The zero-order valence-corrected chi connectivity index (χ0v) is 19.9. The lowest BCUT2D eigenvalue weighted by Crippen LogP contribution is -2.50. The summed E-state index contributed by atoms with van der Waals surface area (Å²) in [7, 11) is 0. The van der Waals surface area contributed by atoms with Gasteiger partial charge in [-0.1, -0.05) is 35.9 Å². The summed E-state index contributed by atoms with van der Waals surface area (Å²) in [6.45, 7) is 6.71. The van der Waals surface area contributed by atoms with Crippen LogP contribution in [0.5, 0.6) is 0 Å². The summed E-state index contributed by atoms with van der Waals surface area (Å²) < 4.78 is 0. The number of aromatic nitrogens is 3. The molecule has 3 heterocycles. The van der Waals surface area contributed by atoms with E-state index in [4.69, 9.17) is 16.6 Å². The highest BCUT2D eigenvalue weighted by Gasteiger charge is 2.24. The van der Waals surface area contributed by atoms with Crippen molar-refractivity contribution >= 4 is 40.2 Å². The van der Waals surface area contributed by atoms with Crippen LogP contribution >= 0.6 is 11.6 Å². The largest absolute Gasteiger partial charge is 0.351 e. The van der Waals surface area contributed by atoms with Crippen molar-refractivity contribution in [3.63, 3.8) is 0 Å². The summed E-state index contributed by atoms with van der Waals surface area (Å²) >= 11 is 6.02. The van der Waals surface area contributed by atoms with Gasteiger partial charge in [-0.3, -0.25) is 4.98 Å². The van der Waals surface area contributed by atoms with Crippen molar-refractivity contribution in [2.24, 2.45) is 0 Å². The van der Waals surface area contributed by atoms with Crippen LogP contribution in [0.25, 0.3) is 22.2 Å². The third kappa shape index (κ3) is 4.52. The van der Waals surface area contributed by atoms with Crippen LogP contribution in [0.15, 0.2) is 61.1 Å². The number of piperazine rings is 1. The molecule has 0 radical (unpaired) electrons. The first-order valence-corrected chi connectivity index (χ1v) is 11.6. The molecule has 0 atom stereocenters. The number of carbonyl (C=O) groups excluding carboxylic acids is 1. The van der Waals surface area contributed by atoms with Crippen LogP contribution in [0.2, 0.25) is 5.02 Å². The van der Waals surface area contributed by atoms with Crippen LogP contribution in [-0.2, 0) is 0 Å². The number of benzene rings is 2. The number of aryl methyl sites for hydroxylation is 2. The van der Waals surface area contributed by atoms with Crippen molar-refractivity contribution in [3.05, 3.63) is 77.2 Å². The molecular weight excluding hydrogens is 448 g/mol. The number of amides is 2. The molecule has 1 aliphatic heterocycles. The van der Waals surface area contributed by atoms with Crippen LogP contribution in [0.1, 0.15) is 11.1 Å². The number of nitrogens with one attached hydrogen (secondary N) is 1. The number of carbonyl (C=O) groups is 1. The second kappa shape index (κ2) is 9.27. The maximum Gasteiger partial charge on any atom is 0.321 e. The number of rotatable bonds is 3. The van der Waals surface area contributed by atoms with Gasteiger partial charge in [-0.25, -0.2) is 14.8 Å². The summed E-state index contributed by atoms with van der Waals surface area (Å²) in [5.74, 6) is 0.798. The second-order valence-electron chi connectivity index (χ2n) is 8.50. The molecule has 1 saturated heterocycles. The fraction of sp³-hybridized carbons (Fsp3) is 0.231. The fourth-order valence-electron chi connectivity index (χ4n) is 4.13. The molecular formula is C26H25ClN6O. The van der Waals surface area contributed by atoms with E-state index in [0.29, 0.717) is 36.9 Å². The molecule has 2 amide bonds. The van der Waals surface area contributed by atoms with E-state index in [1.807, 2.05) is 18.3 Å². The standard InChI is InChI=1S/C26H25ClN6O/c1-17-6-7-19(12-18(17)2)20-13-23-24(28-15-20)25(30-16-29-23)32-8-10-33(11-9-32)26(34)31-22-5-3-4-21(27)14-22/h3-7,12-16H,8-11H2,1-2H3,(H,31,34). The maximum absolute atomic E-state index is 12.7. The Balaban J connectivity index is 1.31. The number of nitrogens with zero attached hydrogens (tertiary/aromatic N) is 5. The molecule has 0 saturated carbocycles. The van der Waals surface area contributed by atoms with E-state index >= 15 is 0 Å². The number of hydrogen-bond acceptors (Lipinski definition) is 5. The van der Waals surface area contributed by atoms with E-state index in [-0.39, 0.29) is 6.03 Å². The van der Waals surface area contributed by atoms with Gasteiger partial charge in [-0.2, -0.15) is 0 Å². The smallest absolute Gasteiger partial charge is 0.321 e. The molecule has 5 rings (SSSR count). The van der Waals surface area contributed by atoms with Crippen LogP contribution in [-0.4, -0.2) is 52.1 Å². The normalized spacial score (nSPS) is 13.9. The predicted molar refractivity (Wildman–Crippen MR) is 136 cm³/mol. The Morgan fingerprint density at radius 2 is 1.74 bits per heavy atom. The molecule has 8 heteroatoms. The minimum absolute atomic E-state index is 0.134. The summed E-state index contributed by atoms with van der Waals surface area (Å²) in [6.07, 6.45) is 3.47. The molecule has 0 aliphatic carbocycles. The van der Waals surface area contributed by atoms with Gasteiger partial charge in [0.25, 0.3) is 0 Å². The van der Waals surface area contributed by atoms with Crippen LogP contribution in [0.4, 0.5) is 16.3 Å². The molecule has 0 unspecified atom stereocenters. The number of urea groups is 1. The number of fused-ring (bicyclic) bond motifs is 1. The summed E-state index contributed by atoms with van der Waals surface area (Å²) in [4.78, 5) is 30.4. The Labute approximate surface area is 203 Å². The molecule has 2 aromatic carbocycles. The monoisotopic (exact) mass is 472 g/mol. The van der Waals surface area contributed by atoms with Crippen LogP contribution < -0.4 is 10.2 Å². The summed E-state index contributed by atoms with van der Waals surface area (Å²) in [5, 5.41) is 3.50. The zero-order valence-electron chi connectivity index (χ0n) is 19.1. The van der Waals surface area contributed by atoms with Gasteiger partial charge in [0.2, 0.25) is 0 Å². The van der Waals surface area contributed by atoms with Crippen molar-refractivity contribution in [3.8, 4) is 11.1 Å². The van der Waals surface area contributed by atoms with Crippen molar-refractivity contribution in [2.75, 3.05) is 36.4 Å². The first-order chi connectivity index (χ1) is 16.5. The average molecular weight is 473 g/mol. The SMILES string of the molecule is Cc1ccc(-c2cnc3c(N4CCN(C(=O)Nc5cccc(Cl)c5)CC4)ncnc3c2)cc1C. The van der Waals surface area contributed by atoms with E-state index in [2.05, 4.69) is 58.3 Å². The number of pyridine rings is 1. The van der Waals surface area contributed by atoms with E-state index in [9.17, 15) is 4.79 Å². The van der Waals surface area contributed by atoms with Crippen molar-refractivity contribution < 1.29 is 4.79 Å². The predicted octanol–water partition coefficient (Wildman–Crippen LogP) is 5.32. The highest BCUT2D eigenvalue weighted by Crippen LogP contribution is 2.28. The molecule has 0 bridgehead atoms. The first kappa shape index (κ1) is 22.1. The van der Waals surface area contributed by atoms with Gasteiger partial charge in [0.1, 0.15) is 11.8 Å². The Morgan fingerprint density at radius 3 is 2.50 bits per heavy atom. The molecule has 0 spiro atoms. The minimum Gasteiger partial charge on any atom is -0.351 e. The first-order valence-electron chi connectivity index (χ1n) is 11.2. The fourth-order valence-corrected chi connectivity index (χ4v) is 4.32. The number of halogens is 1. The lowest BCUT2D eigenvalue weighted by Gasteiger charge is -2.35. The third-order valence-corrected chi connectivity index (χ3v) is 6.47. The molecule has 7 nitrogen and oxygen atoms in total. The van der Waals surface area contributed by atoms with E-state index in [1.54, 1.807) is 23.4 Å². The Kier molecular flexibility index (Phi) is 6.02. The van der Waals surface area contributed by atoms with Crippen molar-refractivity contribution in [1.29, 1.82) is 0 Å². The van der Waals surface area contributed by atoms with E-state index < -0.39 is 0 Å². The lowest BCUT2D eigenvalue weighted by molar-refractivity contribution is 0.208. The van der Waals surface area contributed by atoms with Gasteiger partial charge in [0.15, 0.2) is 5.82 Å². The molecule has 1 aliphatic rings. The molecule has 1 N–H and O–H groups in total.